The maximum absolute atomic E-state index is 6.21. The van der Waals surface area contributed by atoms with Crippen LogP contribution in [-0.2, 0) is 11.8 Å². The first-order chi connectivity index (χ1) is 8.70. The quantitative estimate of drug-likeness (QED) is 0.745. The summed E-state index contributed by atoms with van der Waals surface area (Å²) in [6, 6.07) is 10.2. The van der Waals surface area contributed by atoms with E-state index in [-0.39, 0.29) is 5.41 Å². The molecule has 0 amide bonds. The van der Waals surface area contributed by atoms with Crippen LogP contribution in [0.2, 0.25) is 0 Å². The van der Waals surface area contributed by atoms with Gasteiger partial charge in [-0.25, -0.2) is 4.98 Å². The maximum Gasteiger partial charge on any atom is 0.0897 e. The molecule has 2 aromatic rings. The Morgan fingerprint density at radius 2 is 1.83 bits per heavy atom. The van der Waals surface area contributed by atoms with Crippen LogP contribution in [0.15, 0.2) is 35.7 Å². The van der Waals surface area contributed by atoms with Crippen LogP contribution < -0.4 is 0 Å². The number of nitrogens with zero attached hydrogens (tertiary/aromatic N) is 1. The molecule has 0 bridgehead atoms. The normalized spacial score (nSPS) is 11.7. The molecule has 0 saturated carbocycles. The number of aryl methyl sites for hydroxylation is 1. The number of hydrogen-bond donors (Lipinski definition) is 0. The third-order valence-corrected chi connectivity index (χ3v) is 4.93. The second-order valence-electron chi connectivity index (χ2n) is 4.45. The van der Waals surface area contributed by atoms with Crippen LogP contribution in [0.1, 0.15) is 16.3 Å². The van der Waals surface area contributed by atoms with Gasteiger partial charge in [0, 0.05) is 29.0 Å². The van der Waals surface area contributed by atoms with Gasteiger partial charge >= 0.3 is 0 Å². The van der Waals surface area contributed by atoms with Crippen LogP contribution in [0, 0.1) is 6.92 Å². The molecule has 0 atom stereocenters. The minimum atomic E-state index is -0.231. The first-order valence-corrected chi connectivity index (χ1v) is 7.73. The molecule has 0 radical (unpaired) electrons. The molecule has 0 aliphatic heterocycles. The fourth-order valence-electron chi connectivity index (χ4n) is 2.01. The molecule has 1 heterocycles. The lowest BCUT2D eigenvalue weighted by atomic mass is 9.80. The Bertz CT molecular complexity index is 492. The first kappa shape index (κ1) is 13.9. The second-order valence-corrected chi connectivity index (χ2v) is 6.05. The Balaban J connectivity index is 2.32. The molecule has 1 aromatic carbocycles. The van der Waals surface area contributed by atoms with Crippen LogP contribution >= 0.6 is 34.5 Å². The number of thiazole rings is 1. The van der Waals surface area contributed by atoms with Gasteiger partial charge in [-0.3, -0.25) is 0 Å². The van der Waals surface area contributed by atoms with E-state index < -0.39 is 0 Å². The fraction of sp³-hybridized carbons (Fsp3) is 0.357. The largest absolute Gasteiger partial charge is 0.247 e. The van der Waals surface area contributed by atoms with Gasteiger partial charge in [0.05, 0.1) is 10.7 Å². The average Bonchev–Trinajstić information content (AvgIpc) is 2.82. The van der Waals surface area contributed by atoms with E-state index in [0.29, 0.717) is 11.8 Å². The van der Waals surface area contributed by atoms with E-state index in [1.165, 1.54) is 5.56 Å². The highest BCUT2D eigenvalue weighted by atomic mass is 35.5. The van der Waals surface area contributed by atoms with Crippen LogP contribution in [-0.4, -0.2) is 16.7 Å². The van der Waals surface area contributed by atoms with Crippen molar-refractivity contribution in [3.05, 3.63) is 52.0 Å². The summed E-state index contributed by atoms with van der Waals surface area (Å²) in [5, 5.41) is 3.17. The van der Waals surface area contributed by atoms with Gasteiger partial charge in [0.15, 0.2) is 0 Å². The zero-order valence-electron chi connectivity index (χ0n) is 10.2. The lowest BCUT2D eigenvalue weighted by molar-refractivity contribution is 0.530. The molecular formula is C14H15Cl2NS. The minimum Gasteiger partial charge on any atom is -0.247 e. The summed E-state index contributed by atoms with van der Waals surface area (Å²) in [5.74, 6) is 0.994. The zero-order valence-corrected chi connectivity index (χ0v) is 12.5. The predicted octanol–water partition coefficient (Wildman–Crippen LogP) is 4.41. The van der Waals surface area contributed by atoms with Crippen molar-refractivity contribution in [2.45, 2.75) is 18.8 Å². The van der Waals surface area contributed by atoms with Crippen molar-refractivity contribution in [2.24, 2.45) is 0 Å². The van der Waals surface area contributed by atoms with E-state index in [2.05, 4.69) is 22.5 Å². The second kappa shape index (κ2) is 6.05. The van der Waals surface area contributed by atoms with Gasteiger partial charge in [0.1, 0.15) is 0 Å². The van der Waals surface area contributed by atoms with E-state index >= 15 is 0 Å². The number of rotatable bonds is 5. The molecule has 1 nitrogen and oxygen atoms in total. The number of aromatic nitrogens is 1. The number of benzene rings is 1. The summed E-state index contributed by atoms with van der Waals surface area (Å²) < 4.78 is 0. The Labute approximate surface area is 122 Å². The third kappa shape index (κ3) is 2.87. The van der Waals surface area contributed by atoms with Crippen molar-refractivity contribution in [1.29, 1.82) is 0 Å². The van der Waals surface area contributed by atoms with Crippen LogP contribution in [0.3, 0.4) is 0 Å². The van der Waals surface area contributed by atoms with Crippen LogP contribution in [0.5, 0.6) is 0 Å². The van der Waals surface area contributed by atoms with Gasteiger partial charge < -0.3 is 0 Å². The standard InChI is InChI=1S/C14H15Cl2NS/c1-11-17-13(8-18-11)7-14(9-15,10-16)12-5-3-2-4-6-12/h2-6,8H,7,9-10H2,1H3. The van der Waals surface area contributed by atoms with E-state index in [1.54, 1.807) is 11.3 Å². The van der Waals surface area contributed by atoms with E-state index in [4.69, 9.17) is 23.2 Å². The number of halogens is 2. The molecule has 0 N–H and O–H groups in total. The smallest absolute Gasteiger partial charge is 0.0897 e. The molecule has 2 rings (SSSR count). The Morgan fingerprint density at radius 3 is 2.33 bits per heavy atom. The highest BCUT2D eigenvalue weighted by molar-refractivity contribution is 7.09. The Kier molecular flexibility index (Phi) is 4.66. The zero-order chi connectivity index (χ0) is 13.0. The highest BCUT2D eigenvalue weighted by Gasteiger charge is 2.31. The minimum absolute atomic E-state index is 0.231. The molecule has 96 valence electrons. The summed E-state index contributed by atoms with van der Waals surface area (Å²) in [4.78, 5) is 4.52. The van der Waals surface area contributed by atoms with Gasteiger partial charge in [-0.05, 0) is 12.5 Å². The Hall–Kier alpha value is -0.570. The topological polar surface area (TPSA) is 12.9 Å². The van der Waals surface area contributed by atoms with Crippen molar-refractivity contribution in [3.63, 3.8) is 0 Å². The highest BCUT2D eigenvalue weighted by Crippen LogP contribution is 2.31. The van der Waals surface area contributed by atoms with Crippen molar-refractivity contribution in [3.8, 4) is 0 Å². The van der Waals surface area contributed by atoms with Crippen LogP contribution in [0.4, 0.5) is 0 Å². The van der Waals surface area contributed by atoms with Crippen LogP contribution in [0.25, 0.3) is 0 Å². The molecule has 18 heavy (non-hydrogen) atoms. The van der Waals surface area contributed by atoms with Gasteiger partial charge in [0.25, 0.3) is 0 Å². The summed E-state index contributed by atoms with van der Waals surface area (Å²) in [5.41, 5.74) is 2.02. The molecule has 0 aliphatic rings. The summed E-state index contributed by atoms with van der Waals surface area (Å²) in [6.45, 7) is 2.01. The van der Waals surface area contributed by atoms with E-state index in [1.807, 2.05) is 25.1 Å². The summed E-state index contributed by atoms with van der Waals surface area (Å²) in [6.07, 6.45) is 0.786. The lowest BCUT2D eigenvalue weighted by Gasteiger charge is -2.29. The molecule has 0 fully saturated rings. The monoisotopic (exact) mass is 299 g/mol. The van der Waals surface area contributed by atoms with Gasteiger partial charge in [0.2, 0.25) is 0 Å². The van der Waals surface area contributed by atoms with Crippen molar-refractivity contribution < 1.29 is 0 Å². The average molecular weight is 300 g/mol. The van der Waals surface area contributed by atoms with Crippen molar-refractivity contribution in [2.75, 3.05) is 11.8 Å². The van der Waals surface area contributed by atoms with E-state index in [0.717, 1.165) is 17.1 Å². The Morgan fingerprint density at radius 1 is 1.17 bits per heavy atom. The van der Waals surface area contributed by atoms with Gasteiger partial charge in [-0.1, -0.05) is 30.3 Å². The van der Waals surface area contributed by atoms with Crippen molar-refractivity contribution in [1.82, 2.24) is 4.98 Å². The molecule has 4 heteroatoms. The predicted molar refractivity (Wildman–Crippen MR) is 80.1 cm³/mol. The number of hydrogen-bond acceptors (Lipinski definition) is 2. The summed E-state index contributed by atoms with van der Waals surface area (Å²) in [7, 11) is 0. The fourth-order valence-corrected chi connectivity index (χ4v) is 3.41. The first-order valence-electron chi connectivity index (χ1n) is 5.79. The maximum atomic E-state index is 6.21. The molecule has 1 aromatic heterocycles. The molecule has 0 spiro atoms. The molecular weight excluding hydrogens is 285 g/mol. The van der Waals surface area contributed by atoms with Crippen molar-refractivity contribution >= 4 is 34.5 Å². The molecule has 0 unspecified atom stereocenters. The molecule has 0 saturated heterocycles. The summed E-state index contributed by atoms with van der Waals surface area (Å²) >= 11 is 14.1. The number of alkyl halides is 2. The van der Waals surface area contributed by atoms with Gasteiger partial charge in [-0.2, -0.15) is 0 Å². The van der Waals surface area contributed by atoms with E-state index in [9.17, 15) is 0 Å². The SMILES string of the molecule is Cc1nc(CC(CCl)(CCl)c2ccccc2)cs1. The molecule has 0 aliphatic carbocycles. The lowest BCUT2D eigenvalue weighted by Crippen LogP contribution is -2.33. The van der Waals surface area contributed by atoms with Gasteiger partial charge in [-0.15, -0.1) is 34.5 Å². The third-order valence-electron chi connectivity index (χ3n) is 3.08.